The number of rotatable bonds is 7. The van der Waals surface area contributed by atoms with Gasteiger partial charge in [-0.15, -0.1) is 0 Å². The third kappa shape index (κ3) is 5.29. The number of hydrogen-bond donors (Lipinski definition) is 3. The quantitative estimate of drug-likeness (QED) is 0.705. The Kier molecular flexibility index (Phi) is 6.02. The molecule has 20 heavy (non-hydrogen) atoms. The molecule has 0 radical (unpaired) electrons. The van der Waals surface area contributed by atoms with Crippen molar-refractivity contribution in [3.8, 4) is 0 Å². The monoisotopic (exact) mass is 283 g/mol. The number of carboxylic acids is 1. The van der Waals surface area contributed by atoms with E-state index in [4.69, 9.17) is 9.52 Å². The number of aromatic nitrogens is 1. The molecule has 1 aromatic heterocycles. The summed E-state index contributed by atoms with van der Waals surface area (Å²) in [5.74, 6) is 0.261. The number of carbonyl (C=O) groups excluding carboxylic acids is 1. The van der Waals surface area contributed by atoms with Crippen molar-refractivity contribution in [2.45, 2.75) is 40.2 Å². The number of carboxylic acid groups (broad SMARTS) is 1. The van der Waals surface area contributed by atoms with E-state index in [9.17, 15) is 9.59 Å². The molecule has 7 heteroatoms. The molecule has 0 aromatic carbocycles. The van der Waals surface area contributed by atoms with Gasteiger partial charge in [0, 0.05) is 13.0 Å². The van der Waals surface area contributed by atoms with Crippen molar-refractivity contribution < 1.29 is 19.1 Å². The molecule has 0 saturated carbocycles. The van der Waals surface area contributed by atoms with Crippen LogP contribution in [0.5, 0.6) is 0 Å². The lowest BCUT2D eigenvalue weighted by atomic mass is 10.0. The predicted molar refractivity (Wildman–Crippen MR) is 72.2 cm³/mol. The van der Waals surface area contributed by atoms with Gasteiger partial charge in [-0.3, -0.25) is 4.79 Å². The molecular weight excluding hydrogens is 262 g/mol. The summed E-state index contributed by atoms with van der Waals surface area (Å²) in [4.78, 5) is 26.3. The van der Waals surface area contributed by atoms with Crippen molar-refractivity contribution >= 4 is 12.0 Å². The van der Waals surface area contributed by atoms with Crippen LogP contribution in [0.2, 0.25) is 0 Å². The predicted octanol–water partition coefficient (Wildman–Crippen LogP) is 1.59. The third-order valence-corrected chi connectivity index (χ3v) is 3.06. The highest BCUT2D eigenvalue weighted by Crippen LogP contribution is 2.08. The summed E-state index contributed by atoms with van der Waals surface area (Å²) in [5.41, 5.74) is 0.801. The number of oxazole rings is 1. The Hall–Kier alpha value is -2.05. The summed E-state index contributed by atoms with van der Waals surface area (Å²) in [6.07, 6.45) is 0.750. The van der Waals surface area contributed by atoms with Crippen molar-refractivity contribution in [1.29, 1.82) is 0 Å². The summed E-state index contributed by atoms with van der Waals surface area (Å²) in [6, 6.07) is -0.359. The molecule has 2 amide bonds. The Bertz CT molecular complexity index is 451. The summed E-state index contributed by atoms with van der Waals surface area (Å²) < 4.78 is 5.33. The number of urea groups is 1. The lowest BCUT2D eigenvalue weighted by Crippen LogP contribution is -2.38. The molecule has 7 nitrogen and oxygen atoms in total. The van der Waals surface area contributed by atoms with E-state index in [0.29, 0.717) is 18.9 Å². The van der Waals surface area contributed by atoms with Gasteiger partial charge in [0.2, 0.25) is 5.89 Å². The average molecular weight is 283 g/mol. The molecule has 1 atom stereocenters. The fourth-order valence-electron chi connectivity index (χ4n) is 1.68. The standard InChI is InChI=1S/C13H21N3O4/c1-4-10(5-12(17)18)6-14-13(19)15-7-11-16-8(2)9(3)20-11/h10H,4-7H2,1-3H3,(H,17,18)(H2,14,15,19). The van der Waals surface area contributed by atoms with Gasteiger partial charge >= 0.3 is 12.0 Å². The van der Waals surface area contributed by atoms with E-state index in [1.807, 2.05) is 20.8 Å². The van der Waals surface area contributed by atoms with E-state index >= 15 is 0 Å². The van der Waals surface area contributed by atoms with E-state index in [1.54, 1.807) is 0 Å². The molecule has 0 fully saturated rings. The minimum absolute atomic E-state index is 0.0505. The maximum atomic E-state index is 11.6. The second-order valence-corrected chi connectivity index (χ2v) is 4.68. The first-order valence-electron chi connectivity index (χ1n) is 6.58. The van der Waals surface area contributed by atoms with Gasteiger partial charge in [0.25, 0.3) is 0 Å². The van der Waals surface area contributed by atoms with Crippen LogP contribution in [0.25, 0.3) is 0 Å². The van der Waals surface area contributed by atoms with Crippen molar-refractivity contribution in [3.63, 3.8) is 0 Å². The third-order valence-electron chi connectivity index (χ3n) is 3.06. The number of nitrogens with zero attached hydrogens (tertiary/aromatic N) is 1. The van der Waals surface area contributed by atoms with Crippen molar-refractivity contribution in [1.82, 2.24) is 15.6 Å². The number of hydrogen-bond acceptors (Lipinski definition) is 4. The second kappa shape index (κ2) is 7.52. The molecule has 3 N–H and O–H groups in total. The fourth-order valence-corrected chi connectivity index (χ4v) is 1.68. The smallest absolute Gasteiger partial charge is 0.315 e. The van der Waals surface area contributed by atoms with Gasteiger partial charge in [-0.25, -0.2) is 9.78 Å². The molecule has 1 rings (SSSR count). The molecule has 0 aliphatic carbocycles. The highest BCUT2D eigenvalue weighted by molar-refractivity contribution is 5.73. The highest BCUT2D eigenvalue weighted by atomic mass is 16.4. The maximum Gasteiger partial charge on any atom is 0.315 e. The first-order chi connectivity index (χ1) is 9.42. The topological polar surface area (TPSA) is 104 Å². The van der Waals surface area contributed by atoms with Gasteiger partial charge in [-0.05, 0) is 19.8 Å². The van der Waals surface area contributed by atoms with E-state index in [0.717, 1.165) is 11.5 Å². The number of amides is 2. The summed E-state index contributed by atoms with van der Waals surface area (Å²) in [7, 11) is 0. The van der Waals surface area contributed by atoms with E-state index < -0.39 is 5.97 Å². The fraction of sp³-hybridized carbons (Fsp3) is 0.615. The highest BCUT2D eigenvalue weighted by Gasteiger charge is 2.13. The molecular formula is C13H21N3O4. The van der Waals surface area contributed by atoms with Gasteiger partial charge in [-0.2, -0.15) is 0 Å². The van der Waals surface area contributed by atoms with Gasteiger partial charge in [-0.1, -0.05) is 13.3 Å². The number of nitrogens with one attached hydrogen (secondary N) is 2. The van der Waals surface area contributed by atoms with Crippen LogP contribution in [0.1, 0.15) is 37.1 Å². The largest absolute Gasteiger partial charge is 0.481 e. The van der Waals surface area contributed by atoms with Crippen LogP contribution in [0.4, 0.5) is 4.79 Å². The zero-order valence-electron chi connectivity index (χ0n) is 12.0. The lowest BCUT2D eigenvalue weighted by molar-refractivity contribution is -0.138. The molecule has 0 saturated heterocycles. The van der Waals surface area contributed by atoms with Crippen molar-refractivity contribution in [2.24, 2.45) is 5.92 Å². The minimum Gasteiger partial charge on any atom is -0.481 e. The van der Waals surface area contributed by atoms with E-state index in [1.165, 1.54) is 0 Å². The normalized spacial score (nSPS) is 11.9. The van der Waals surface area contributed by atoms with Crippen LogP contribution in [-0.2, 0) is 11.3 Å². The van der Waals surface area contributed by atoms with Crippen LogP contribution < -0.4 is 10.6 Å². The number of aryl methyl sites for hydroxylation is 2. The average Bonchev–Trinajstić information content (AvgIpc) is 2.71. The number of aliphatic carboxylic acids is 1. The molecule has 0 aliphatic heterocycles. The van der Waals surface area contributed by atoms with E-state index in [-0.39, 0.29) is 24.9 Å². The van der Waals surface area contributed by atoms with Gasteiger partial charge < -0.3 is 20.2 Å². The van der Waals surface area contributed by atoms with Crippen LogP contribution in [0.15, 0.2) is 4.42 Å². The Morgan fingerprint density at radius 3 is 2.55 bits per heavy atom. The first-order valence-corrected chi connectivity index (χ1v) is 6.58. The Morgan fingerprint density at radius 1 is 1.35 bits per heavy atom. The van der Waals surface area contributed by atoms with Crippen molar-refractivity contribution in [2.75, 3.05) is 6.54 Å². The zero-order valence-corrected chi connectivity index (χ0v) is 12.0. The molecule has 0 aliphatic rings. The van der Waals surface area contributed by atoms with Gasteiger partial charge in [0.05, 0.1) is 12.2 Å². The Balaban J connectivity index is 2.31. The van der Waals surface area contributed by atoms with Gasteiger partial charge in [0.15, 0.2) is 0 Å². The van der Waals surface area contributed by atoms with Crippen LogP contribution >= 0.6 is 0 Å². The van der Waals surface area contributed by atoms with Crippen molar-refractivity contribution in [3.05, 3.63) is 17.3 Å². The lowest BCUT2D eigenvalue weighted by Gasteiger charge is -2.13. The first kappa shape index (κ1) is 16.0. The summed E-state index contributed by atoms with van der Waals surface area (Å²) in [5, 5.41) is 14.0. The van der Waals surface area contributed by atoms with Gasteiger partial charge in [0.1, 0.15) is 5.76 Å². The van der Waals surface area contributed by atoms with E-state index in [2.05, 4.69) is 15.6 Å². The minimum atomic E-state index is -0.857. The Morgan fingerprint density at radius 2 is 2.05 bits per heavy atom. The number of carbonyl (C=O) groups is 2. The molecule has 0 spiro atoms. The van der Waals surface area contributed by atoms with Crippen LogP contribution in [0, 0.1) is 19.8 Å². The summed E-state index contributed by atoms with van der Waals surface area (Å²) >= 11 is 0. The SMILES string of the molecule is CCC(CNC(=O)NCc1nc(C)c(C)o1)CC(=O)O. The zero-order chi connectivity index (χ0) is 15.1. The van der Waals surface area contributed by atoms with Crippen LogP contribution in [-0.4, -0.2) is 28.6 Å². The second-order valence-electron chi connectivity index (χ2n) is 4.68. The molecule has 1 aromatic rings. The molecule has 1 unspecified atom stereocenters. The Labute approximate surface area is 117 Å². The summed E-state index contributed by atoms with van der Waals surface area (Å²) in [6.45, 7) is 6.07. The maximum absolute atomic E-state index is 11.6. The van der Waals surface area contributed by atoms with Crippen LogP contribution in [0.3, 0.4) is 0 Å². The molecule has 112 valence electrons. The molecule has 1 heterocycles. The molecule has 0 bridgehead atoms.